The van der Waals surface area contributed by atoms with Gasteiger partial charge >= 0.3 is 7.80 Å². The molecule has 5 rings (SSSR count). The smallest absolute Gasteiger partial charge is 0.0619 e. The highest BCUT2D eigenvalue weighted by atomic mass is 31.1. The molecule has 4 aromatic carbocycles. The lowest BCUT2D eigenvalue weighted by Crippen LogP contribution is -2.17. The molecule has 1 aliphatic rings. The number of hydrogen-bond donors (Lipinski definition) is 0. The van der Waals surface area contributed by atoms with Crippen molar-refractivity contribution in [3.63, 3.8) is 0 Å². The zero-order chi connectivity index (χ0) is 21.5. The third-order valence-electron chi connectivity index (χ3n) is 6.44. The molecule has 0 bridgehead atoms. The van der Waals surface area contributed by atoms with Gasteiger partial charge in [-0.2, -0.15) is 0 Å². The van der Waals surface area contributed by atoms with Gasteiger partial charge in [0, 0.05) is 24.0 Å². The molecule has 0 N–H and O–H groups in total. The molecule has 1 atom stereocenters. The summed E-state index contributed by atoms with van der Waals surface area (Å²) in [4.78, 5) is 0. The third-order valence-corrected chi connectivity index (χ3v) is 8.17. The van der Waals surface area contributed by atoms with Gasteiger partial charge in [0.15, 0.2) is 5.30 Å². The lowest BCUT2D eigenvalue weighted by Gasteiger charge is -2.13. The minimum atomic E-state index is -1.67. The van der Waals surface area contributed by atoms with Gasteiger partial charge < -0.3 is 0 Å². The monoisotopic (exact) mass is 421 g/mol. The van der Waals surface area contributed by atoms with Gasteiger partial charge in [-0.3, -0.25) is 0 Å². The van der Waals surface area contributed by atoms with Gasteiger partial charge in [0.2, 0.25) is 5.30 Å². The van der Waals surface area contributed by atoms with Crippen LogP contribution in [0.3, 0.4) is 0 Å². The highest BCUT2D eigenvalue weighted by Crippen LogP contribution is 2.40. The number of hydrogen-bond acceptors (Lipinski definition) is 1. The first kappa shape index (κ1) is 19.9. The average Bonchev–Trinajstić information content (AvgIpc) is 3.14. The molecule has 0 aliphatic heterocycles. The molecular weight excluding hydrogens is 395 g/mol. The van der Waals surface area contributed by atoms with Crippen molar-refractivity contribution >= 4 is 18.4 Å². The van der Waals surface area contributed by atoms with E-state index in [9.17, 15) is 4.57 Å². The van der Waals surface area contributed by atoms with Crippen LogP contribution in [0.4, 0.5) is 0 Å². The summed E-state index contributed by atoms with van der Waals surface area (Å²) in [6.07, 6.45) is 1.67. The lowest BCUT2D eigenvalue weighted by molar-refractivity contribution is 0.598. The molecule has 2 heteroatoms. The number of rotatable bonds is 4. The molecule has 4 aromatic rings. The van der Waals surface area contributed by atoms with Gasteiger partial charge in [0.05, 0.1) is 0 Å². The molecule has 0 saturated carbocycles. The van der Waals surface area contributed by atoms with Crippen LogP contribution in [0, 0.1) is 20.8 Å². The molecule has 0 amide bonds. The molecule has 1 nitrogen and oxygen atoms in total. The molecule has 31 heavy (non-hydrogen) atoms. The van der Waals surface area contributed by atoms with E-state index in [4.69, 9.17) is 0 Å². The summed E-state index contributed by atoms with van der Waals surface area (Å²) < 4.78 is 13.9. The van der Waals surface area contributed by atoms with Crippen LogP contribution in [0.1, 0.15) is 38.9 Å². The van der Waals surface area contributed by atoms with Crippen LogP contribution in [0.5, 0.6) is 0 Å². The van der Waals surface area contributed by atoms with Crippen LogP contribution in [0.2, 0.25) is 0 Å². The predicted octanol–water partition coefficient (Wildman–Crippen LogP) is 6.55. The molecule has 1 unspecified atom stereocenters. The summed E-state index contributed by atoms with van der Waals surface area (Å²) in [6.45, 7) is 6.53. The largest absolute Gasteiger partial charge is 0.415 e. The topological polar surface area (TPSA) is 17.1 Å². The fourth-order valence-electron chi connectivity index (χ4n) is 5.01. The van der Waals surface area contributed by atoms with E-state index in [0.29, 0.717) is 0 Å². The Morgan fingerprint density at radius 2 is 1.45 bits per heavy atom. The predicted molar refractivity (Wildman–Crippen MR) is 131 cm³/mol. The van der Waals surface area contributed by atoms with Crippen LogP contribution < -0.4 is 10.6 Å². The van der Waals surface area contributed by atoms with E-state index >= 15 is 0 Å². The van der Waals surface area contributed by atoms with Crippen LogP contribution in [-0.2, 0) is 17.4 Å². The zero-order valence-electron chi connectivity index (χ0n) is 18.3. The first-order valence-corrected chi connectivity index (χ1v) is 12.1. The minimum absolute atomic E-state index is 0.810. The summed E-state index contributed by atoms with van der Waals surface area (Å²) in [6, 6.07) is 27.5. The summed E-state index contributed by atoms with van der Waals surface area (Å²) in [5.41, 5.74) is 11.5. The van der Waals surface area contributed by atoms with E-state index in [2.05, 4.69) is 69.3 Å². The maximum Gasteiger partial charge on any atom is 0.415 e. The van der Waals surface area contributed by atoms with Crippen molar-refractivity contribution in [2.24, 2.45) is 0 Å². The van der Waals surface area contributed by atoms with Gasteiger partial charge in [0.25, 0.3) is 0 Å². The Kier molecular flexibility index (Phi) is 5.08. The first-order valence-electron chi connectivity index (χ1n) is 10.8. The molecule has 0 heterocycles. The second kappa shape index (κ2) is 7.91. The Morgan fingerprint density at radius 1 is 0.774 bits per heavy atom. The molecule has 0 spiro atoms. The Balaban J connectivity index is 1.69. The Labute approximate surface area is 185 Å². The van der Waals surface area contributed by atoms with Gasteiger partial charge in [0.1, 0.15) is 0 Å². The van der Waals surface area contributed by atoms with Crippen molar-refractivity contribution in [2.45, 2.75) is 33.6 Å². The van der Waals surface area contributed by atoms with Gasteiger partial charge in [-0.25, -0.2) is 0 Å². The van der Waals surface area contributed by atoms with Crippen molar-refractivity contribution < 1.29 is 4.57 Å². The van der Waals surface area contributed by atoms with Gasteiger partial charge in [-0.05, 0) is 66.3 Å². The number of aryl methyl sites for hydroxylation is 3. The molecule has 152 valence electrons. The Morgan fingerprint density at radius 3 is 2.19 bits per heavy atom. The molecule has 0 radical (unpaired) electrons. The van der Waals surface area contributed by atoms with Crippen LogP contribution in [-0.4, -0.2) is 0 Å². The second-order valence-electron chi connectivity index (χ2n) is 8.62. The van der Waals surface area contributed by atoms with Crippen molar-refractivity contribution in [3.8, 4) is 11.1 Å². The van der Waals surface area contributed by atoms with E-state index in [0.717, 1.165) is 23.5 Å². The zero-order valence-corrected chi connectivity index (χ0v) is 19.2. The van der Waals surface area contributed by atoms with Crippen molar-refractivity contribution in [1.82, 2.24) is 0 Å². The summed E-state index contributed by atoms with van der Waals surface area (Å²) in [5, 5.41) is 1.94. The van der Waals surface area contributed by atoms with E-state index in [1.807, 2.05) is 30.3 Å². The van der Waals surface area contributed by atoms with E-state index < -0.39 is 7.80 Å². The highest BCUT2D eigenvalue weighted by Gasteiger charge is 2.35. The van der Waals surface area contributed by atoms with Crippen molar-refractivity contribution in [1.29, 1.82) is 0 Å². The average molecular weight is 422 g/mol. The number of benzene rings is 4. The quantitative estimate of drug-likeness (QED) is 0.301. The summed E-state index contributed by atoms with van der Waals surface area (Å²) in [5.74, 6) is 0. The minimum Gasteiger partial charge on any atom is -0.0619 e. The van der Waals surface area contributed by atoms with Crippen LogP contribution in [0.25, 0.3) is 11.1 Å². The van der Waals surface area contributed by atoms with Crippen molar-refractivity contribution in [3.05, 3.63) is 118 Å². The Bertz CT molecular complexity index is 1300. The van der Waals surface area contributed by atoms with Gasteiger partial charge in [-0.15, -0.1) is 0 Å². The lowest BCUT2D eigenvalue weighted by atomic mass is 9.92. The summed E-state index contributed by atoms with van der Waals surface area (Å²) >= 11 is 0. The maximum atomic E-state index is 13.9. The third kappa shape index (κ3) is 3.54. The summed E-state index contributed by atoms with van der Waals surface area (Å²) in [7, 11) is -1.67. The number of fused-ring (bicyclic) bond motifs is 3. The van der Waals surface area contributed by atoms with Crippen molar-refractivity contribution in [2.75, 3.05) is 0 Å². The molecular formula is C29H26OP+. The molecule has 0 saturated heterocycles. The SMILES string of the molecule is Cc1cc(C)c(Cc2ccc3c(c2[P+](=O)c2ccccc2)Cc2ccccc2-3)c(C)c1. The standard InChI is InChI=1S/C29H26OP/c1-19-15-20(2)27(21(3)16-19)18-23-13-14-26-25-12-8-7-9-22(25)17-28(26)29(23)31(30)24-10-5-4-6-11-24/h4-16H,17-18H2,1-3H3/q+1. The van der Waals surface area contributed by atoms with Gasteiger partial charge in [-0.1, -0.05) is 76.9 Å². The highest BCUT2D eigenvalue weighted by molar-refractivity contribution is 7.61. The van der Waals surface area contributed by atoms with E-state index in [1.54, 1.807) is 0 Å². The van der Waals surface area contributed by atoms with Crippen LogP contribution >= 0.6 is 7.80 Å². The maximum absolute atomic E-state index is 13.9. The molecule has 0 aromatic heterocycles. The van der Waals surface area contributed by atoms with E-state index in [-0.39, 0.29) is 0 Å². The van der Waals surface area contributed by atoms with E-state index in [1.165, 1.54) is 50.1 Å². The second-order valence-corrected chi connectivity index (χ2v) is 10.2. The first-order chi connectivity index (χ1) is 15.0. The fraction of sp³-hybridized carbons (Fsp3) is 0.172. The fourth-order valence-corrected chi connectivity index (χ4v) is 6.57. The normalized spacial score (nSPS) is 12.4. The van der Waals surface area contributed by atoms with Crippen LogP contribution in [0.15, 0.2) is 78.9 Å². The molecule has 1 aliphatic carbocycles. The molecule has 0 fully saturated rings. The Hall–Kier alpha value is -3.02.